The van der Waals surface area contributed by atoms with Crippen LogP contribution < -0.4 is 17.3 Å². The van der Waals surface area contributed by atoms with E-state index in [4.69, 9.17) is 0 Å². The average molecular weight is 254 g/mol. The van der Waals surface area contributed by atoms with Crippen molar-refractivity contribution in [2.75, 3.05) is 6.54 Å². The van der Waals surface area contributed by atoms with Gasteiger partial charge in [0.1, 0.15) is 6.54 Å². The highest BCUT2D eigenvalue weighted by atomic mass is 35.5. The van der Waals surface area contributed by atoms with E-state index in [2.05, 4.69) is 43.8 Å². The summed E-state index contributed by atoms with van der Waals surface area (Å²) in [6.45, 7) is 8.44. The number of rotatable bonds is 8. The van der Waals surface area contributed by atoms with E-state index >= 15 is 0 Å². The topological polar surface area (TPSA) is 4.44 Å². The van der Waals surface area contributed by atoms with Crippen molar-refractivity contribution in [2.45, 2.75) is 39.2 Å². The molecule has 0 heterocycles. The van der Waals surface area contributed by atoms with Gasteiger partial charge < -0.3 is 17.3 Å². The Bertz CT molecular complexity index is 284. The summed E-state index contributed by atoms with van der Waals surface area (Å²) in [7, 11) is 0. The van der Waals surface area contributed by atoms with Crippen LogP contribution >= 0.6 is 0 Å². The summed E-state index contributed by atoms with van der Waals surface area (Å²) in [5.74, 6) is 0. The van der Waals surface area contributed by atoms with Crippen LogP contribution in [0, 0.1) is 0 Å². The summed E-state index contributed by atoms with van der Waals surface area (Å²) in [5.41, 5.74) is 1.40. The molecule has 0 saturated heterocycles. The van der Waals surface area contributed by atoms with Crippen molar-refractivity contribution in [3.63, 3.8) is 0 Å². The monoisotopic (exact) mass is 253 g/mol. The van der Waals surface area contributed by atoms with Gasteiger partial charge in [0.2, 0.25) is 0 Å². The molecule has 1 nitrogen and oxygen atoms in total. The lowest BCUT2D eigenvalue weighted by Gasteiger charge is -2.14. The molecule has 1 rings (SSSR count). The van der Waals surface area contributed by atoms with Gasteiger partial charge in [-0.05, 0) is 19.4 Å². The molecule has 1 atom stereocenters. The predicted octanol–water partition coefficient (Wildman–Crippen LogP) is -0.201. The van der Waals surface area contributed by atoms with Gasteiger partial charge in [-0.25, -0.2) is 0 Å². The van der Waals surface area contributed by atoms with E-state index in [1.54, 1.807) is 0 Å². The quantitative estimate of drug-likeness (QED) is 0.612. The van der Waals surface area contributed by atoms with Crippen LogP contribution in [0.3, 0.4) is 0 Å². The van der Waals surface area contributed by atoms with Crippen molar-refractivity contribution < 1.29 is 17.3 Å². The van der Waals surface area contributed by atoms with Crippen molar-refractivity contribution in [3.8, 4) is 0 Å². The van der Waals surface area contributed by atoms with Gasteiger partial charge >= 0.3 is 0 Å². The molecular formula is C15H24ClN. The summed E-state index contributed by atoms with van der Waals surface area (Å²) >= 11 is 0. The van der Waals surface area contributed by atoms with Gasteiger partial charge in [-0.2, -0.15) is 0 Å². The van der Waals surface area contributed by atoms with Crippen LogP contribution in [0.2, 0.25) is 0 Å². The molecule has 96 valence electrons. The van der Waals surface area contributed by atoms with Crippen molar-refractivity contribution in [1.29, 1.82) is 0 Å². The molecule has 1 aromatic rings. The number of halogens is 1. The van der Waals surface area contributed by atoms with Crippen LogP contribution in [0.25, 0.3) is 0 Å². The van der Waals surface area contributed by atoms with Gasteiger partial charge in [0.15, 0.2) is 0 Å². The fourth-order valence-corrected chi connectivity index (χ4v) is 1.90. The molecule has 0 spiro atoms. The normalized spacial score (nSPS) is 11.6. The van der Waals surface area contributed by atoms with Crippen LogP contribution in [0.15, 0.2) is 43.1 Å². The molecule has 1 unspecified atom stereocenters. The highest BCUT2D eigenvalue weighted by Gasteiger charge is 2.04. The van der Waals surface area contributed by atoms with E-state index in [1.165, 1.54) is 42.7 Å². The maximum Gasteiger partial charge on any atom is 0.107 e. The fraction of sp³-hybridized carbons (Fsp3) is 0.467. The zero-order valence-corrected chi connectivity index (χ0v) is 11.5. The molecular weight excluding hydrogens is 230 g/mol. The molecule has 0 aliphatic rings. The first-order valence-electron chi connectivity index (χ1n) is 6.38. The number of benzene rings is 1. The summed E-state index contributed by atoms with van der Waals surface area (Å²) in [6.07, 6.45) is 7.36. The number of quaternary nitrogens is 1. The van der Waals surface area contributed by atoms with E-state index in [0.29, 0.717) is 0 Å². The van der Waals surface area contributed by atoms with E-state index in [-0.39, 0.29) is 12.4 Å². The van der Waals surface area contributed by atoms with Crippen LogP contribution in [-0.2, 0) is 6.54 Å². The molecule has 0 amide bonds. The molecule has 0 fully saturated rings. The predicted molar refractivity (Wildman–Crippen MR) is 70.3 cm³/mol. The molecule has 1 N–H and O–H groups in total. The Labute approximate surface area is 112 Å². The third kappa shape index (κ3) is 7.19. The second kappa shape index (κ2) is 10.4. The molecule has 1 aromatic carbocycles. The number of hydrogen-bond acceptors (Lipinski definition) is 0. The summed E-state index contributed by atoms with van der Waals surface area (Å²) < 4.78 is 0. The zero-order chi connectivity index (χ0) is 11.6. The number of hydrogen-bond donors (Lipinski definition) is 1. The minimum atomic E-state index is 0. The van der Waals surface area contributed by atoms with Crippen molar-refractivity contribution >= 4 is 0 Å². The number of unbranched alkanes of at least 4 members (excludes halogenated alkanes) is 3. The van der Waals surface area contributed by atoms with Gasteiger partial charge in [-0.15, -0.1) is 0 Å². The Morgan fingerprint density at radius 1 is 1.12 bits per heavy atom. The first-order valence-corrected chi connectivity index (χ1v) is 6.38. The molecule has 0 bridgehead atoms. The highest BCUT2D eigenvalue weighted by Crippen LogP contribution is 1.98. The van der Waals surface area contributed by atoms with Crippen LogP contribution in [0.4, 0.5) is 0 Å². The van der Waals surface area contributed by atoms with E-state index in [1.807, 2.05) is 6.20 Å². The molecule has 0 saturated carbocycles. The Morgan fingerprint density at radius 2 is 1.82 bits per heavy atom. The van der Waals surface area contributed by atoms with Gasteiger partial charge in [-0.1, -0.05) is 50.1 Å². The lowest BCUT2D eigenvalue weighted by molar-refractivity contribution is -0.861. The Balaban J connectivity index is 0.00000256. The fourth-order valence-electron chi connectivity index (χ4n) is 1.90. The Hall–Kier alpha value is -0.790. The van der Waals surface area contributed by atoms with Crippen LogP contribution in [0.5, 0.6) is 0 Å². The first-order chi connectivity index (χ1) is 7.86. The maximum atomic E-state index is 3.92. The first kappa shape index (κ1) is 16.2. The van der Waals surface area contributed by atoms with Crippen molar-refractivity contribution in [1.82, 2.24) is 0 Å². The second-order valence-corrected chi connectivity index (χ2v) is 4.34. The van der Waals surface area contributed by atoms with E-state index in [9.17, 15) is 0 Å². The minimum Gasteiger partial charge on any atom is -1.00 e. The largest absolute Gasteiger partial charge is 1.00 e. The third-order valence-electron chi connectivity index (χ3n) is 2.91. The third-order valence-corrected chi connectivity index (χ3v) is 2.91. The van der Waals surface area contributed by atoms with Gasteiger partial charge in [0.05, 0.1) is 12.7 Å². The number of nitrogens with one attached hydrogen (secondary N) is 1. The Morgan fingerprint density at radius 3 is 2.41 bits per heavy atom. The van der Waals surface area contributed by atoms with E-state index in [0.717, 1.165) is 6.54 Å². The SMILES string of the molecule is C=C[NH+](CCCCCC)Cc1ccccc1.[Cl-]. The summed E-state index contributed by atoms with van der Waals surface area (Å²) in [6, 6.07) is 10.7. The van der Waals surface area contributed by atoms with Crippen molar-refractivity contribution in [2.24, 2.45) is 0 Å². The van der Waals surface area contributed by atoms with Crippen LogP contribution in [0.1, 0.15) is 38.2 Å². The summed E-state index contributed by atoms with van der Waals surface area (Å²) in [4.78, 5) is 1.47. The molecule has 0 aliphatic heterocycles. The standard InChI is InChI=1S/C15H23N.ClH/c1-3-5-6-10-13-16(4-2)14-15-11-8-7-9-12-15;/h4,7-9,11-12H,2-3,5-6,10,13-14H2,1H3;1H. The molecule has 0 radical (unpaired) electrons. The summed E-state index contributed by atoms with van der Waals surface area (Å²) in [5, 5.41) is 0. The Kier molecular flexibility index (Phi) is 9.89. The van der Waals surface area contributed by atoms with Gasteiger partial charge in [-0.3, -0.25) is 0 Å². The van der Waals surface area contributed by atoms with Crippen molar-refractivity contribution in [3.05, 3.63) is 48.7 Å². The van der Waals surface area contributed by atoms with Gasteiger partial charge in [0.25, 0.3) is 0 Å². The molecule has 0 aliphatic carbocycles. The average Bonchev–Trinajstić information content (AvgIpc) is 2.34. The van der Waals surface area contributed by atoms with Gasteiger partial charge in [0, 0.05) is 5.56 Å². The lowest BCUT2D eigenvalue weighted by atomic mass is 10.2. The minimum absolute atomic E-state index is 0. The van der Waals surface area contributed by atoms with Crippen LogP contribution in [-0.4, -0.2) is 6.54 Å². The second-order valence-electron chi connectivity index (χ2n) is 4.34. The smallest absolute Gasteiger partial charge is 0.107 e. The molecule has 0 aromatic heterocycles. The maximum absolute atomic E-state index is 3.92. The molecule has 2 heteroatoms. The lowest BCUT2D eigenvalue weighted by Crippen LogP contribution is -3.06. The zero-order valence-electron chi connectivity index (χ0n) is 10.8. The van der Waals surface area contributed by atoms with E-state index < -0.39 is 0 Å². The highest BCUT2D eigenvalue weighted by molar-refractivity contribution is 5.13. The molecule has 17 heavy (non-hydrogen) atoms.